The van der Waals surface area contributed by atoms with Gasteiger partial charge in [-0.25, -0.2) is 9.67 Å². The first kappa shape index (κ1) is 14.0. The molecule has 0 radical (unpaired) electrons. The SMILES string of the molecule is CC(C)CNCc1cccnc1Sc1nnnn1C. The highest BCUT2D eigenvalue weighted by atomic mass is 32.2. The molecule has 1 N–H and O–H groups in total. The van der Waals surface area contributed by atoms with Crippen LogP contribution < -0.4 is 5.32 Å². The molecule has 2 rings (SSSR count). The van der Waals surface area contributed by atoms with Crippen LogP contribution in [0.3, 0.4) is 0 Å². The van der Waals surface area contributed by atoms with Crippen molar-refractivity contribution in [1.29, 1.82) is 0 Å². The van der Waals surface area contributed by atoms with Crippen LogP contribution >= 0.6 is 11.8 Å². The van der Waals surface area contributed by atoms with Gasteiger partial charge in [0.05, 0.1) is 0 Å². The van der Waals surface area contributed by atoms with Gasteiger partial charge in [-0.3, -0.25) is 0 Å². The Kier molecular flexibility index (Phi) is 4.86. The fourth-order valence-electron chi connectivity index (χ4n) is 1.54. The highest BCUT2D eigenvalue weighted by Crippen LogP contribution is 2.25. The molecule has 19 heavy (non-hydrogen) atoms. The van der Waals surface area contributed by atoms with Crippen LogP contribution in [0.15, 0.2) is 28.5 Å². The normalized spacial score (nSPS) is 11.2. The lowest BCUT2D eigenvalue weighted by molar-refractivity contribution is 0.548. The zero-order chi connectivity index (χ0) is 13.7. The summed E-state index contributed by atoms with van der Waals surface area (Å²) < 4.78 is 1.64. The molecule has 0 saturated heterocycles. The van der Waals surface area contributed by atoms with Gasteiger partial charge in [0.1, 0.15) is 5.03 Å². The largest absolute Gasteiger partial charge is 0.312 e. The maximum absolute atomic E-state index is 4.41. The summed E-state index contributed by atoms with van der Waals surface area (Å²) in [7, 11) is 1.82. The van der Waals surface area contributed by atoms with Crippen LogP contribution in [-0.4, -0.2) is 31.7 Å². The van der Waals surface area contributed by atoms with Crippen molar-refractivity contribution in [2.45, 2.75) is 30.6 Å². The first-order chi connectivity index (χ1) is 9.16. The van der Waals surface area contributed by atoms with Crippen molar-refractivity contribution in [2.75, 3.05) is 6.54 Å². The fourth-order valence-corrected chi connectivity index (χ4v) is 2.34. The van der Waals surface area contributed by atoms with Gasteiger partial charge in [-0.05, 0) is 46.3 Å². The second-order valence-corrected chi connectivity index (χ2v) is 5.64. The summed E-state index contributed by atoms with van der Waals surface area (Å²) >= 11 is 1.48. The summed E-state index contributed by atoms with van der Waals surface area (Å²) in [5.41, 5.74) is 1.16. The van der Waals surface area contributed by atoms with Crippen molar-refractivity contribution < 1.29 is 0 Å². The number of hydrogen-bond donors (Lipinski definition) is 1. The quantitative estimate of drug-likeness (QED) is 0.863. The summed E-state index contributed by atoms with van der Waals surface area (Å²) in [6.07, 6.45) is 1.79. The summed E-state index contributed by atoms with van der Waals surface area (Å²) in [5.74, 6) is 0.635. The standard InChI is InChI=1S/C12H18N6S/c1-9(2)7-13-8-10-5-4-6-14-11(10)19-12-15-16-17-18(12)3/h4-6,9,13H,7-8H2,1-3H3. The Morgan fingerprint density at radius 1 is 1.42 bits per heavy atom. The van der Waals surface area contributed by atoms with Gasteiger partial charge in [0, 0.05) is 19.8 Å². The van der Waals surface area contributed by atoms with Crippen LogP contribution in [0.1, 0.15) is 19.4 Å². The predicted molar refractivity (Wildman–Crippen MR) is 73.7 cm³/mol. The Bertz CT molecular complexity index is 524. The minimum absolute atomic E-state index is 0.635. The molecule has 0 unspecified atom stereocenters. The molecule has 0 fully saturated rings. The van der Waals surface area contributed by atoms with Crippen LogP contribution in [-0.2, 0) is 13.6 Å². The Labute approximate surface area is 117 Å². The van der Waals surface area contributed by atoms with E-state index in [2.05, 4.69) is 45.7 Å². The van der Waals surface area contributed by atoms with Crippen molar-refractivity contribution >= 4 is 11.8 Å². The minimum atomic E-state index is 0.635. The smallest absolute Gasteiger partial charge is 0.215 e. The second kappa shape index (κ2) is 6.63. The molecular formula is C12H18N6S. The van der Waals surface area contributed by atoms with Gasteiger partial charge in [-0.1, -0.05) is 19.9 Å². The van der Waals surface area contributed by atoms with Gasteiger partial charge in [0.15, 0.2) is 0 Å². The van der Waals surface area contributed by atoms with Crippen molar-refractivity contribution in [3.05, 3.63) is 23.9 Å². The average Bonchev–Trinajstić information content (AvgIpc) is 2.77. The Hall–Kier alpha value is -1.47. The molecule has 102 valence electrons. The molecule has 0 spiro atoms. The third-order valence-corrected chi connectivity index (χ3v) is 3.58. The molecule has 0 aliphatic heterocycles. The van der Waals surface area contributed by atoms with Crippen molar-refractivity contribution in [3.63, 3.8) is 0 Å². The van der Waals surface area contributed by atoms with Crippen LogP contribution in [0.4, 0.5) is 0 Å². The van der Waals surface area contributed by atoms with E-state index in [1.165, 1.54) is 11.8 Å². The maximum Gasteiger partial charge on any atom is 0.215 e. The van der Waals surface area contributed by atoms with Crippen molar-refractivity contribution in [3.8, 4) is 0 Å². The first-order valence-corrected chi connectivity index (χ1v) is 7.03. The van der Waals surface area contributed by atoms with Gasteiger partial charge in [0.2, 0.25) is 5.16 Å². The Morgan fingerprint density at radius 2 is 2.26 bits per heavy atom. The molecule has 0 atom stereocenters. The van der Waals surface area contributed by atoms with E-state index >= 15 is 0 Å². The number of aromatic nitrogens is 5. The number of tetrazole rings is 1. The monoisotopic (exact) mass is 278 g/mol. The fraction of sp³-hybridized carbons (Fsp3) is 0.500. The molecule has 0 aliphatic rings. The third kappa shape index (κ3) is 4.00. The first-order valence-electron chi connectivity index (χ1n) is 6.21. The number of pyridine rings is 1. The van der Waals surface area contributed by atoms with E-state index in [-0.39, 0.29) is 0 Å². The number of nitrogens with one attached hydrogen (secondary N) is 1. The van der Waals surface area contributed by atoms with E-state index in [1.807, 2.05) is 13.1 Å². The molecule has 0 saturated carbocycles. The molecule has 0 amide bonds. The highest BCUT2D eigenvalue weighted by molar-refractivity contribution is 7.99. The van der Waals surface area contributed by atoms with E-state index in [0.717, 1.165) is 28.8 Å². The molecule has 0 aliphatic carbocycles. The average molecular weight is 278 g/mol. The van der Waals surface area contributed by atoms with Crippen LogP contribution in [0, 0.1) is 5.92 Å². The van der Waals surface area contributed by atoms with Crippen molar-refractivity contribution in [2.24, 2.45) is 13.0 Å². The number of aryl methyl sites for hydroxylation is 1. The molecule has 0 bridgehead atoms. The number of hydrogen-bond acceptors (Lipinski definition) is 6. The van der Waals surface area contributed by atoms with E-state index in [1.54, 1.807) is 10.9 Å². The maximum atomic E-state index is 4.41. The van der Waals surface area contributed by atoms with E-state index in [9.17, 15) is 0 Å². The second-order valence-electron chi connectivity index (χ2n) is 4.68. The topological polar surface area (TPSA) is 68.5 Å². The molecule has 7 heteroatoms. The van der Waals surface area contributed by atoms with Gasteiger partial charge in [0.25, 0.3) is 0 Å². The van der Waals surface area contributed by atoms with Crippen LogP contribution in [0.5, 0.6) is 0 Å². The minimum Gasteiger partial charge on any atom is -0.312 e. The summed E-state index contributed by atoms with van der Waals surface area (Å²) in [5, 5.41) is 16.5. The molecule has 6 nitrogen and oxygen atoms in total. The lowest BCUT2D eigenvalue weighted by Crippen LogP contribution is -2.19. The Morgan fingerprint density at radius 3 is 2.95 bits per heavy atom. The van der Waals surface area contributed by atoms with E-state index in [4.69, 9.17) is 0 Å². The lowest BCUT2D eigenvalue weighted by atomic mass is 10.2. The van der Waals surface area contributed by atoms with Crippen molar-refractivity contribution in [1.82, 2.24) is 30.5 Å². The van der Waals surface area contributed by atoms with E-state index < -0.39 is 0 Å². The summed E-state index contributed by atoms with van der Waals surface area (Å²) in [6, 6.07) is 4.03. The van der Waals surface area contributed by atoms with Gasteiger partial charge >= 0.3 is 0 Å². The van der Waals surface area contributed by atoms with Gasteiger partial charge in [-0.2, -0.15) is 0 Å². The third-order valence-electron chi connectivity index (χ3n) is 2.49. The number of rotatable bonds is 6. The van der Waals surface area contributed by atoms with Crippen LogP contribution in [0.25, 0.3) is 0 Å². The predicted octanol–water partition coefficient (Wildman–Crippen LogP) is 1.50. The van der Waals surface area contributed by atoms with Gasteiger partial charge < -0.3 is 5.32 Å². The Balaban J connectivity index is 2.06. The van der Waals surface area contributed by atoms with Gasteiger partial charge in [-0.15, -0.1) is 5.10 Å². The molecule has 2 heterocycles. The van der Waals surface area contributed by atoms with E-state index in [0.29, 0.717) is 5.92 Å². The number of nitrogens with zero attached hydrogens (tertiary/aromatic N) is 5. The van der Waals surface area contributed by atoms with Crippen LogP contribution in [0.2, 0.25) is 0 Å². The molecule has 2 aromatic rings. The zero-order valence-corrected chi connectivity index (χ0v) is 12.2. The lowest BCUT2D eigenvalue weighted by Gasteiger charge is -2.10. The summed E-state index contributed by atoms with van der Waals surface area (Å²) in [6.45, 7) is 6.18. The molecular weight excluding hydrogens is 260 g/mol. The molecule has 0 aromatic carbocycles. The molecule has 2 aromatic heterocycles. The highest BCUT2D eigenvalue weighted by Gasteiger charge is 2.10. The zero-order valence-electron chi connectivity index (χ0n) is 11.4. The summed E-state index contributed by atoms with van der Waals surface area (Å²) in [4.78, 5) is 4.41.